The fourth-order valence-corrected chi connectivity index (χ4v) is 2.21. The van der Waals surface area contributed by atoms with Crippen molar-refractivity contribution in [1.29, 1.82) is 0 Å². The lowest BCUT2D eigenvalue weighted by Crippen LogP contribution is -2.33. The Morgan fingerprint density at radius 3 is 2.75 bits per heavy atom. The third kappa shape index (κ3) is 1.81. The average Bonchev–Trinajstić information content (AvgIpc) is 2.93. The molecule has 2 aromatic rings. The molecule has 4 unspecified atom stereocenters. The number of ether oxygens (including phenoxy) is 1. The summed E-state index contributed by atoms with van der Waals surface area (Å²) in [5, 5.41) is 28.7. The number of hydrogen-bond acceptors (Lipinski definition) is 8. The number of imidazole rings is 1. The van der Waals surface area contributed by atoms with Crippen molar-refractivity contribution in [3.63, 3.8) is 0 Å². The maximum atomic E-state index is 13.2. The molecule has 0 spiro atoms. The predicted molar refractivity (Wildman–Crippen MR) is 62.7 cm³/mol. The van der Waals surface area contributed by atoms with Gasteiger partial charge in [-0.2, -0.15) is 14.4 Å². The molecule has 3 rings (SSSR count). The van der Waals surface area contributed by atoms with Gasteiger partial charge in [0.25, 0.3) is 0 Å². The van der Waals surface area contributed by atoms with Crippen LogP contribution in [0, 0.1) is 6.08 Å². The third-order valence-electron chi connectivity index (χ3n) is 3.21. The van der Waals surface area contributed by atoms with Gasteiger partial charge in [0.1, 0.15) is 18.3 Å². The van der Waals surface area contributed by atoms with Gasteiger partial charge in [0, 0.05) is 0 Å². The van der Waals surface area contributed by atoms with E-state index in [1.807, 2.05) is 0 Å². The van der Waals surface area contributed by atoms with Crippen molar-refractivity contribution < 1.29 is 24.4 Å². The van der Waals surface area contributed by atoms with Crippen molar-refractivity contribution in [2.45, 2.75) is 24.5 Å². The van der Waals surface area contributed by atoms with Gasteiger partial charge in [-0.15, -0.1) is 0 Å². The largest absolute Gasteiger partial charge is 0.394 e. The maximum absolute atomic E-state index is 13.2. The topological polar surface area (TPSA) is 140 Å². The SMILES string of the molecule is Nc1nc([18F])nc2c1ncn2C1OC(CO)C(O)C1O. The number of anilines is 1. The van der Waals surface area contributed by atoms with Crippen molar-refractivity contribution in [2.24, 2.45) is 0 Å². The Labute approximate surface area is 111 Å². The molecule has 1 aliphatic rings. The lowest BCUT2D eigenvalue weighted by atomic mass is 10.1. The van der Waals surface area contributed by atoms with E-state index < -0.39 is 37.2 Å². The Morgan fingerprint density at radius 1 is 1.35 bits per heavy atom. The molecule has 5 N–H and O–H groups in total. The molecular weight excluding hydrogens is 272 g/mol. The van der Waals surface area contributed by atoms with Crippen LogP contribution in [0.2, 0.25) is 0 Å². The third-order valence-corrected chi connectivity index (χ3v) is 3.21. The van der Waals surface area contributed by atoms with E-state index in [0.717, 1.165) is 0 Å². The van der Waals surface area contributed by atoms with E-state index in [-0.39, 0.29) is 17.0 Å². The van der Waals surface area contributed by atoms with Crippen molar-refractivity contribution in [3.8, 4) is 0 Å². The van der Waals surface area contributed by atoms with Crippen molar-refractivity contribution in [2.75, 3.05) is 12.3 Å². The molecule has 0 aromatic carbocycles. The summed E-state index contributed by atoms with van der Waals surface area (Å²) in [5.74, 6) is -0.141. The first-order valence-electron chi connectivity index (χ1n) is 5.81. The molecule has 0 saturated carbocycles. The van der Waals surface area contributed by atoms with E-state index in [4.69, 9.17) is 15.6 Å². The van der Waals surface area contributed by atoms with Crippen LogP contribution in [0.1, 0.15) is 6.23 Å². The van der Waals surface area contributed by atoms with Gasteiger partial charge in [-0.3, -0.25) is 4.57 Å². The second-order valence-electron chi connectivity index (χ2n) is 4.43. The van der Waals surface area contributed by atoms with Crippen molar-refractivity contribution in [1.82, 2.24) is 19.5 Å². The van der Waals surface area contributed by atoms with Crippen LogP contribution < -0.4 is 5.73 Å². The highest BCUT2D eigenvalue weighted by atomic mass is 18.2. The highest BCUT2D eigenvalue weighted by Crippen LogP contribution is 2.31. The molecule has 9 nitrogen and oxygen atoms in total. The minimum absolute atomic E-state index is 0.0323. The van der Waals surface area contributed by atoms with Crippen LogP contribution in [0.3, 0.4) is 0 Å². The molecule has 4 atom stereocenters. The number of fused-ring (bicyclic) bond motifs is 1. The van der Waals surface area contributed by atoms with Crippen LogP contribution in [0.4, 0.5) is 10.2 Å². The summed E-state index contributed by atoms with van der Waals surface area (Å²) in [5.41, 5.74) is 5.71. The zero-order valence-corrected chi connectivity index (χ0v) is 10.1. The number of halogens is 1. The second kappa shape index (κ2) is 4.59. The Balaban J connectivity index is 2.07. The number of aromatic nitrogens is 4. The number of hydrogen-bond donors (Lipinski definition) is 4. The zero-order chi connectivity index (χ0) is 14.4. The van der Waals surface area contributed by atoms with E-state index in [1.165, 1.54) is 10.9 Å². The van der Waals surface area contributed by atoms with Gasteiger partial charge in [-0.25, -0.2) is 4.98 Å². The van der Waals surface area contributed by atoms with Crippen LogP contribution >= 0.6 is 0 Å². The van der Waals surface area contributed by atoms with E-state index in [9.17, 15) is 14.6 Å². The van der Waals surface area contributed by atoms with Crippen LogP contribution in [0.15, 0.2) is 6.33 Å². The number of aliphatic hydroxyl groups is 3. The highest BCUT2D eigenvalue weighted by molar-refractivity contribution is 5.81. The molecule has 20 heavy (non-hydrogen) atoms. The van der Waals surface area contributed by atoms with Gasteiger partial charge in [0.15, 0.2) is 23.2 Å². The standard InChI is InChI=1S/C10H12FN5O4/c11-10-14-7(12)4-8(15-10)16(2-13-4)9-6(19)5(18)3(1-17)20-9/h2-3,5-6,9,17-19H,1H2,(H2,12,14,15)/i11-1. The molecule has 0 radical (unpaired) electrons. The highest BCUT2D eigenvalue weighted by Gasteiger charge is 2.44. The van der Waals surface area contributed by atoms with E-state index in [2.05, 4.69) is 15.0 Å². The van der Waals surface area contributed by atoms with E-state index in [1.54, 1.807) is 0 Å². The van der Waals surface area contributed by atoms with Crippen LogP contribution in [-0.4, -0.2) is 59.8 Å². The Kier molecular flexibility index (Phi) is 3.01. The first-order valence-corrected chi connectivity index (χ1v) is 5.81. The molecule has 1 saturated heterocycles. The van der Waals surface area contributed by atoms with Crippen molar-refractivity contribution in [3.05, 3.63) is 12.4 Å². The molecule has 0 amide bonds. The van der Waals surface area contributed by atoms with Gasteiger partial charge in [-0.1, -0.05) is 0 Å². The smallest absolute Gasteiger partial charge is 0.312 e. The van der Waals surface area contributed by atoms with E-state index >= 15 is 0 Å². The molecule has 3 heterocycles. The summed E-state index contributed by atoms with van der Waals surface area (Å²) in [7, 11) is 0. The predicted octanol–water partition coefficient (Wildman–Crippen LogP) is -1.84. The average molecular weight is 284 g/mol. The summed E-state index contributed by atoms with van der Waals surface area (Å²) in [6.07, 6.45) is -4.38. The van der Waals surface area contributed by atoms with E-state index in [0.29, 0.717) is 0 Å². The monoisotopic (exact) mass is 284 g/mol. The van der Waals surface area contributed by atoms with Crippen LogP contribution in [-0.2, 0) is 4.74 Å². The summed E-state index contributed by atoms with van der Waals surface area (Å²) in [6, 6.07) is 0. The number of rotatable bonds is 2. The summed E-state index contributed by atoms with van der Waals surface area (Å²) >= 11 is 0. The number of nitrogens with zero attached hydrogens (tertiary/aromatic N) is 4. The van der Waals surface area contributed by atoms with Crippen LogP contribution in [0.5, 0.6) is 0 Å². The molecule has 1 fully saturated rings. The van der Waals surface area contributed by atoms with Crippen molar-refractivity contribution >= 4 is 17.0 Å². The van der Waals surface area contributed by atoms with Gasteiger partial charge in [0.05, 0.1) is 12.9 Å². The lowest BCUT2D eigenvalue weighted by molar-refractivity contribution is -0.0511. The first-order chi connectivity index (χ1) is 9.52. The molecular formula is C10H12FN5O4. The maximum Gasteiger partial charge on any atom is 0.312 e. The minimum Gasteiger partial charge on any atom is -0.394 e. The Morgan fingerprint density at radius 2 is 2.10 bits per heavy atom. The lowest BCUT2D eigenvalue weighted by Gasteiger charge is -2.16. The van der Waals surface area contributed by atoms with Crippen LogP contribution in [0.25, 0.3) is 11.2 Å². The minimum atomic E-state index is -1.32. The fourth-order valence-electron chi connectivity index (χ4n) is 2.21. The second-order valence-corrected chi connectivity index (χ2v) is 4.43. The molecule has 1 aliphatic heterocycles. The Bertz CT molecular complexity index is 650. The van der Waals surface area contributed by atoms with Gasteiger partial charge in [-0.05, 0) is 0 Å². The number of aliphatic hydroxyl groups excluding tert-OH is 3. The summed E-state index contributed by atoms with van der Waals surface area (Å²) in [6.45, 7) is -0.465. The quantitative estimate of drug-likeness (QED) is 0.472. The zero-order valence-electron chi connectivity index (χ0n) is 10.1. The molecule has 0 aliphatic carbocycles. The normalized spacial score (nSPS) is 30.2. The molecule has 108 valence electrons. The number of nitrogens with two attached hydrogens (primary N) is 1. The fraction of sp³-hybridized carbons (Fsp3) is 0.500. The summed E-state index contributed by atoms with van der Waals surface area (Å²) < 4.78 is 19.8. The summed E-state index contributed by atoms with van der Waals surface area (Å²) in [4.78, 5) is 10.8. The van der Waals surface area contributed by atoms with Gasteiger partial charge >= 0.3 is 6.08 Å². The molecule has 2 aromatic heterocycles. The Hall–Kier alpha value is -1.88. The first kappa shape index (κ1) is 13.1. The molecule has 0 bridgehead atoms. The van der Waals surface area contributed by atoms with Gasteiger partial charge in [0.2, 0.25) is 0 Å². The number of nitrogen functional groups attached to an aromatic ring is 1. The molecule has 10 heteroatoms. The van der Waals surface area contributed by atoms with Gasteiger partial charge < -0.3 is 25.8 Å².